The summed E-state index contributed by atoms with van der Waals surface area (Å²) in [4.78, 5) is 28.6. The lowest BCUT2D eigenvalue weighted by molar-refractivity contribution is 0.0951. The van der Waals surface area contributed by atoms with Crippen LogP contribution in [-0.2, 0) is 6.54 Å². The Balaban J connectivity index is 1.77. The zero-order valence-electron chi connectivity index (χ0n) is 14.3. The number of hydrogen-bond acceptors (Lipinski definition) is 5. The van der Waals surface area contributed by atoms with Crippen LogP contribution in [0.25, 0.3) is 11.3 Å². The molecule has 2 heterocycles. The van der Waals surface area contributed by atoms with E-state index in [-0.39, 0.29) is 18.0 Å². The highest BCUT2D eigenvalue weighted by Gasteiger charge is 2.22. The molecule has 1 N–H and O–H groups in total. The van der Waals surface area contributed by atoms with Gasteiger partial charge in [-0.15, -0.1) is 0 Å². The lowest BCUT2D eigenvalue weighted by atomic mass is 10.1. The maximum Gasteiger partial charge on any atom is 0.257 e. The van der Waals surface area contributed by atoms with Crippen molar-refractivity contribution in [3.63, 3.8) is 0 Å². The molecule has 0 atom stereocenters. The highest BCUT2D eigenvalue weighted by molar-refractivity contribution is 6.33. The van der Waals surface area contributed by atoms with E-state index in [9.17, 15) is 9.59 Å². The highest BCUT2D eigenvalue weighted by Crippen LogP contribution is 2.30. The summed E-state index contributed by atoms with van der Waals surface area (Å²) in [6.07, 6.45) is 2.95. The molecule has 0 unspecified atom stereocenters. The van der Waals surface area contributed by atoms with E-state index in [4.69, 9.17) is 16.1 Å². The Bertz CT molecular complexity index is 1010. The van der Waals surface area contributed by atoms with Crippen molar-refractivity contribution >= 4 is 17.5 Å². The van der Waals surface area contributed by atoms with Gasteiger partial charge in [0.25, 0.3) is 11.5 Å². The first-order chi connectivity index (χ1) is 12.5. The van der Waals surface area contributed by atoms with Gasteiger partial charge in [0.05, 0.1) is 11.3 Å². The van der Waals surface area contributed by atoms with Crippen LogP contribution in [0.4, 0.5) is 0 Å². The number of aryl methyl sites for hydroxylation is 2. The molecule has 0 fully saturated rings. The number of carbonyl (C=O) groups is 1. The van der Waals surface area contributed by atoms with E-state index in [1.54, 1.807) is 32.0 Å². The van der Waals surface area contributed by atoms with Gasteiger partial charge in [-0.1, -0.05) is 35.0 Å². The highest BCUT2D eigenvalue weighted by atomic mass is 35.5. The maximum absolute atomic E-state index is 12.6. The van der Waals surface area contributed by atoms with E-state index >= 15 is 0 Å². The summed E-state index contributed by atoms with van der Waals surface area (Å²) >= 11 is 6.20. The number of rotatable bonds is 5. The molecule has 0 aliphatic rings. The Morgan fingerprint density at radius 2 is 2.08 bits per heavy atom. The molecule has 2 aromatic heterocycles. The zero-order chi connectivity index (χ0) is 18.7. The monoisotopic (exact) mass is 372 g/mol. The molecule has 0 bridgehead atoms. The number of halogens is 1. The minimum Gasteiger partial charge on any atom is -0.360 e. The molecule has 3 aromatic rings. The molecule has 26 heavy (non-hydrogen) atoms. The normalized spacial score (nSPS) is 10.7. The van der Waals surface area contributed by atoms with E-state index < -0.39 is 0 Å². The van der Waals surface area contributed by atoms with Crippen molar-refractivity contribution in [2.75, 3.05) is 6.54 Å². The van der Waals surface area contributed by atoms with Gasteiger partial charge in [0, 0.05) is 30.4 Å². The van der Waals surface area contributed by atoms with Crippen LogP contribution in [0.3, 0.4) is 0 Å². The molecule has 0 spiro atoms. The first kappa shape index (κ1) is 17.9. The molecule has 134 valence electrons. The van der Waals surface area contributed by atoms with Crippen molar-refractivity contribution in [3.8, 4) is 11.3 Å². The summed E-state index contributed by atoms with van der Waals surface area (Å²) in [6.45, 7) is 3.93. The summed E-state index contributed by atoms with van der Waals surface area (Å²) in [5, 5.41) is 7.23. The van der Waals surface area contributed by atoms with Gasteiger partial charge in [0.15, 0.2) is 0 Å². The fraction of sp³-hybridized carbons (Fsp3) is 0.222. The van der Waals surface area contributed by atoms with Gasteiger partial charge in [-0.3, -0.25) is 14.2 Å². The van der Waals surface area contributed by atoms with Crippen molar-refractivity contribution in [1.29, 1.82) is 0 Å². The predicted octanol–water partition coefficient (Wildman–Crippen LogP) is 2.60. The fourth-order valence-corrected chi connectivity index (χ4v) is 2.80. The van der Waals surface area contributed by atoms with E-state index in [0.717, 1.165) is 0 Å². The van der Waals surface area contributed by atoms with Crippen LogP contribution < -0.4 is 10.9 Å². The van der Waals surface area contributed by atoms with Crippen molar-refractivity contribution in [2.45, 2.75) is 20.4 Å². The van der Waals surface area contributed by atoms with Crippen molar-refractivity contribution < 1.29 is 9.32 Å². The Morgan fingerprint density at radius 1 is 1.31 bits per heavy atom. The van der Waals surface area contributed by atoms with E-state index in [2.05, 4.69) is 15.5 Å². The zero-order valence-corrected chi connectivity index (χ0v) is 15.1. The van der Waals surface area contributed by atoms with E-state index in [1.165, 1.54) is 17.1 Å². The molecular formula is C18H17ClN4O3. The van der Waals surface area contributed by atoms with Gasteiger partial charge in [-0.2, -0.15) is 0 Å². The number of hydrogen-bond donors (Lipinski definition) is 1. The van der Waals surface area contributed by atoms with Gasteiger partial charge >= 0.3 is 0 Å². The van der Waals surface area contributed by atoms with E-state index in [0.29, 0.717) is 39.7 Å². The number of nitrogens with one attached hydrogen (secondary N) is 1. The molecule has 0 saturated carbocycles. The standard InChI is InChI=1S/C18H17ClN4O3/c1-11-9-20-10-23(18(11)25)8-7-21-17(24)15-12(2)26-22-16(15)13-5-3-4-6-14(13)19/h3-6,9-10H,7-8H2,1-2H3,(H,21,24). The summed E-state index contributed by atoms with van der Waals surface area (Å²) < 4.78 is 6.64. The Kier molecular flexibility index (Phi) is 5.18. The fourth-order valence-electron chi connectivity index (χ4n) is 2.57. The molecule has 0 aliphatic carbocycles. The van der Waals surface area contributed by atoms with Gasteiger partial charge < -0.3 is 9.84 Å². The first-order valence-electron chi connectivity index (χ1n) is 7.99. The summed E-state index contributed by atoms with van der Waals surface area (Å²) in [5.41, 5.74) is 1.75. The Morgan fingerprint density at radius 3 is 2.85 bits per heavy atom. The third-order valence-electron chi connectivity index (χ3n) is 3.93. The van der Waals surface area contributed by atoms with Crippen LogP contribution in [-0.4, -0.2) is 27.2 Å². The van der Waals surface area contributed by atoms with Crippen LogP contribution in [0, 0.1) is 13.8 Å². The Hall–Kier alpha value is -2.93. The number of nitrogens with zero attached hydrogens (tertiary/aromatic N) is 3. The second kappa shape index (κ2) is 7.53. The van der Waals surface area contributed by atoms with Gasteiger partial charge in [0.1, 0.15) is 17.0 Å². The summed E-state index contributed by atoms with van der Waals surface area (Å²) in [6, 6.07) is 7.10. The SMILES string of the molecule is Cc1onc(-c2ccccc2Cl)c1C(=O)NCCn1cncc(C)c1=O. The second-order valence-electron chi connectivity index (χ2n) is 5.77. The average molecular weight is 373 g/mol. The lowest BCUT2D eigenvalue weighted by Gasteiger charge is -2.08. The number of amides is 1. The van der Waals surface area contributed by atoms with Crippen LogP contribution >= 0.6 is 11.6 Å². The molecule has 1 amide bonds. The van der Waals surface area contributed by atoms with Crippen molar-refractivity contribution in [2.24, 2.45) is 0 Å². The number of benzene rings is 1. The first-order valence-corrected chi connectivity index (χ1v) is 8.37. The van der Waals surface area contributed by atoms with Crippen LogP contribution in [0.2, 0.25) is 5.02 Å². The van der Waals surface area contributed by atoms with Crippen molar-refractivity contribution in [1.82, 2.24) is 20.0 Å². The van der Waals surface area contributed by atoms with Crippen LogP contribution in [0.15, 0.2) is 46.1 Å². The van der Waals surface area contributed by atoms with Gasteiger partial charge in [-0.25, -0.2) is 4.98 Å². The quantitative estimate of drug-likeness (QED) is 0.743. The molecule has 3 rings (SSSR count). The molecule has 0 radical (unpaired) electrons. The number of carbonyl (C=O) groups excluding carboxylic acids is 1. The molecule has 7 nitrogen and oxygen atoms in total. The van der Waals surface area contributed by atoms with Crippen LogP contribution in [0.5, 0.6) is 0 Å². The second-order valence-corrected chi connectivity index (χ2v) is 6.18. The predicted molar refractivity (Wildman–Crippen MR) is 97.3 cm³/mol. The Labute approximate surface area is 154 Å². The number of aromatic nitrogens is 3. The lowest BCUT2D eigenvalue weighted by Crippen LogP contribution is -2.31. The van der Waals surface area contributed by atoms with Crippen LogP contribution in [0.1, 0.15) is 21.7 Å². The molecule has 8 heteroatoms. The summed E-state index contributed by atoms with van der Waals surface area (Å²) in [5.74, 6) is 0.0548. The molecule has 1 aromatic carbocycles. The minimum absolute atomic E-state index is 0.132. The largest absolute Gasteiger partial charge is 0.360 e. The van der Waals surface area contributed by atoms with Gasteiger partial charge in [-0.05, 0) is 19.9 Å². The average Bonchev–Trinajstić information content (AvgIpc) is 3.00. The smallest absolute Gasteiger partial charge is 0.257 e. The molecule has 0 aliphatic heterocycles. The molecule has 0 saturated heterocycles. The minimum atomic E-state index is -0.340. The molecular weight excluding hydrogens is 356 g/mol. The van der Waals surface area contributed by atoms with Gasteiger partial charge in [0.2, 0.25) is 0 Å². The topological polar surface area (TPSA) is 90.0 Å². The van der Waals surface area contributed by atoms with E-state index in [1.807, 2.05) is 6.07 Å². The third kappa shape index (κ3) is 3.52. The van der Waals surface area contributed by atoms with Crippen molar-refractivity contribution in [3.05, 3.63) is 69.1 Å². The third-order valence-corrected chi connectivity index (χ3v) is 4.26. The maximum atomic E-state index is 12.6. The summed E-state index contributed by atoms with van der Waals surface area (Å²) in [7, 11) is 0.